The van der Waals surface area contributed by atoms with E-state index in [2.05, 4.69) is 29.6 Å². The molecule has 3 aromatic carbocycles. The van der Waals surface area contributed by atoms with E-state index in [1.54, 1.807) is 6.07 Å². The molecule has 0 N–H and O–H groups in total. The lowest BCUT2D eigenvalue weighted by Gasteiger charge is -2.28. The van der Waals surface area contributed by atoms with E-state index in [4.69, 9.17) is 0 Å². The normalized spacial score (nSPS) is 17.3. The van der Waals surface area contributed by atoms with Crippen LogP contribution >= 0.6 is 0 Å². The minimum absolute atomic E-state index is 0.200. The summed E-state index contributed by atoms with van der Waals surface area (Å²) >= 11 is 0. The van der Waals surface area contributed by atoms with Crippen molar-refractivity contribution in [1.29, 1.82) is 0 Å². The summed E-state index contributed by atoms with van der Waals surface area (Å²) in [6.07, 6.45) is 15.8. The van der Waals surface area contributed by atoms with Crippen molar-refractivity contribution in [3.63, 3.8) is 0 Å². The van der Waals surface area contributed by atoms with Gasteiger partial charge in [0.05, 0.1) is 5.56 Å². The van der Waals surface area contributed by atoms with E-state index in [1.165, 1.54) is 82.3 Å². The van der Waals surface area contributed by atoms with Gasteiger partial charge in [0.2, 0.25) is 0 Å². The largest absolute Gasteiger partial charge is 0.432 e. The Labute approximate surface area is 230 Å². The molecule has 39 heavy (non-hydrogen) atoms. The molecule has 5 heteroatoms. The van der Waals surface area contributed by atoms with Gasteiger partial charge < -0.3 is 4.74 Å². The molecule has 0 unspecified atom stereocenters. The van der Waals surface area contributed by atoms with Gasteiger partial charge in [0.15, 0.2) is 11.6 Å². The van der Waals surface area contributed by atoms with E-state index in [0.29, 0.717) is 5.39 Å². The van der Waals surface area contributed by atoms with Crippen LogP contribution < -0.4 is 4.74 Å². The second-order valence-corrected chi connectivity index (χ2v) is 10.9. The van der Waals surface area contributed by atoms with Crippen molar-refractivity contribution in [3.8, 4) is 17.6 Å². The third-order valence-electron chi connectivity index (χ3n) is 8.03. The molecule has 208 valence electrons. The summed E-state index contributed by atoms with van der Waals surface area (Å²) < 4.78 is 57.8. The number of unbranched alkanes of at least 4 members (excludes halogenated alkanes) is 4. The Bertz CT molecular complexity index is 1280. The van der Waals surface area contributed by atoms with Crippen LogP contribution in [0.15, 0.2) is 48.5 Å². The highest BCUT2D eigenvalue weighted by atomic mass is 19.3. The molecule has 0 atom stereocenters. The lowest BCUT2D eigenvalue weighted by Crippen LogP contribution is -2.15. The molecule has 1 fully saturated rings. The monoisotopic (exact) mass is 538 g/mol. The van der Waals surface area contributed by atoms with Crippen LogP contribution in [0.4, 0.5) is 17.6 Å². The smallest absolute Gasteiger partial charge is 0.387 e. The predicted molar refractivity (Wildman–Crippen MR) is 150 cm³/mol. The molecule has 0 aliphatic heterocycles. The number of ether oxygens (including phenoxy) is 1. The van der Waals surface area contributed by atoms with Gasteiger partial charge in [-0.05, 0) is 59.9 Å². The summed E-state index contributed by atoms with van der Waals surface area (Å²) in [7, 11) is 0. The zero-order chi connectivity index (χ0) is 27.6. The maximum absolute atomic E-state index is 15.2. The van der Waals surface area contributed by atoms with Gasteiger partial charge in [-0.3, -0.25) is 0 Å². The Balaban J connectivity index is 1.31. The second kappa shape index (κ2) is 14.4. The first-order valence-corrected chi connectivity index (χ1v) is 14.4. The Hall–Kier alpha value is -3.00. The summed E-state index contributed by atoms with van der Waals surface area (Å²) in [5.74, 6) is 5.23. The summed E-state index contributed by atoms with van der Waals surface area (Å²) in [6, 6.07) is 12.8. The topological polar surface area (TPSA) is 9.23 Å². The van der Waals surface area contributed by atoms with E-state index in [1.807, 2.05) is 18.2 Å². The molecule has 1 aliphatic rings. The van der Waals surface area contributed by atoms with Gasteiger partial charge in [0.1, 0.15) is 5.82 Å². The van der Waals surface area contributed by atoms with Gasteiger partial charge >= 0.3 is 6.61 Å². The molecular weight excluding hydrogens is 500 g/mol. The molecule has 1 saturated carbocycles. The van der Waals surface area contributed by atoms with Gasteiger partial charge in [0.25, 0.3) is 0 Å². The zero-order valence-corrected chi connectivity index (χ0v) is 22.8. The SMILES string of the molecule is CCCCCCCC1CCC(CCc2ccc3c(F)c(C#Cc4ccc(OC(F)F)c(F)c4)ccc3c2)CC1. The molecule has 0 spiro atoms. The minimum Gasteiger partial charge on any atom is -0.432 e. The lowest BCUT2D eigenvalue weighted by atomic mass is 9.77. The Kier molecular flexibility index (Phi) is 10.7. The van der Waals surface area contributed by atoms with Crippen molar-refractivity contribution in [3.05, 3.63) is 76.9 Å². The molecule has 4 rings (SSSR count). The molecule has 0 bridgehead atoms. The maximum Gasteiger partial charge on any atom is 0.387 e. The summed E-state index contributed by atoms with van der Waals surface area (Å²) in [5.41, 5.74) is 1.66. The van der Waals surface area contributed by atoms with Crippen LogP contribution in [0.25, 0.3) is 10.8 Å². The molecule has 0 saturated heterocycles. The number of aryl methyl sites for hydroxylation is 1. The molecule has 0 amide bonds. The van der Waals surface area contributed by atoms with Gasteiger partial charge in [-0.2, -0.15) is 8.78 Å². The Morgan fingerprint density at radius 2 is 1.56 bits per heavy atom. The van der Waals surface area contributed by atoms with E-state index in [0.717, 1.165) is 35.8 Å². The van der Waals surface area contributed by atoms with Gasteiger partial charge in [-0.25, -0.2) is 8.78 Å². The standard InChI is InChI=1S/C34H38F4O/c1-2-3-4-5-6-7-24-8-10-25(11-9-24)12-13-26-15-20-30-29(22-26)19-18-28(33(30)36)17-14-27-16-21-32(31(35)23-27)39-34(37)38/h15-16,18-25,34H,2-13H2,1H3. The van der Waals surface area contributed by atoms with Gasteiger partial charge in [0, 0.05) is 10.9 Å². The Morgan fingerprint density at radius 3 is 2.28 bits per heavy atom. The van der Waals surface area contributed by atoms with Crippen molar-refractivity contribution in [2.24, 2.45) is 11.8 Å². The fourth-order valence-corrected chi connectivity index (χ4v) is 5.72. The van der Waals surface area contributed by atoms with Crippen molar-refractivity contribution >= 4 is 10.8 Å². The second-order valence-electron chi connectivity index (χ2n) is 10.9. The van der Waals surface area contributed by atoms with E-state index in [9.17, 15) is 13.2 Å². The fourth-order valence-electron chi connectivity index (χ4n) is 5.72. The number of rotatable bonds is 11. The third-order valence-corrected chi connectivity index (χ3v) is 8.03. The van der Waals surface area contributed by atoms with Crippen molar-refractivity contribution in [2.45, 2.75) is 90.6 Å². The first kappa shape index (κ1) is 29.0. The van der Waals surface area contributed by atoms with Crippen molar-refractivity contribution < 1.29 is 22.3 Å². The minimum atomic E-state index is -3.11. The number of benzene rings is 3. The molecule has 0 radical (unpaired) electrons. The Morgan fingerprint density at radius 1 is 0.821 bits per heavy atom. The summed E-state index contributed by atoms with van der Waals surface area (Å²) in [5, 5.41) is 1.33. The third kappa shape index (κ3) is 8.49. The van der Waals surface area contributed by atoms with Gasteiger partial charge in [-0.15, -0.1) is 0 Å². The van der Waals surface area contributed by atoms with Crippen LogP contribution in [0.2, 0.25) is 0 Å². The molecule has 0 aromatic heterocycles. The van der Waals surface area contributed by atoms with E-state index >= 15 is 4.39 Å². The molecule has 3 aromatic rings. The number of alkyl halides is 2. The lowest BCUT2D eigenvalue weighted by molar-refractivity contribution is -0.0521. The predicted octanol–water partition coefficient (Wildman–Crippen LogP) is 10.2. The fraction of sp³-hybridized carbons (Fsp3) is 0.471. The molecule has 0 heterocycles. The average Bonchev–Trinajstić information content (AvgIpc) is 2.93. The molecule has 1 nitrogen and oxygen atoms in total. The first-order chi connectivity index (χ1) is 18.9. The first-order valence-electron chi connectivity index (χ1n) is 14.4. The van der Waals surface area contributed by atoms with Crippen LogP contribution in [0.5, 0.6) is 5.75 Å². The molecular formula is C34H38F4O. The van der Waals surface area contributed by atoms with Crippen LogP contribution in [-0.2, 0) is 6.42 Å². The summed E-state index contributed by atoms with van der Waals surface area (Å²) in [6.45, 7) is -0.849. The van der Waals surface area contributed by atoms with E-state index in [-0.39, 0.29) is 11.1 Å². The zero-order valence-electron chi connectivity index (χ0n) is 22.8. The highest BCUT2D eigenvalue weighted by Gasteiger charge is 2.21. The molecule has 1 aliphatic carbocycles. The van der Waals surface area contributed by atoms with Crippen LogP contribution in [-0.4, -0.2) is 6.61 Å². The number of hydrogen-bond donors (Lipinski definition) is 0. The highest BCUT2D eigenvalue weighted by molar-refractivity contribution is 5.85. The number of halogens is 4. The highest BCUT2D eigenvalue weighted by Crippen LogP contribution is 2.34. The quantitative estimate of drug-likeness (QED) is 0.134. The number of fused-ring (bicyclic) bond motifs is 1. The van der Waals surface area contributed by atoms with E-state index < -0.39 is 24.0 Å². The van der Waals surface area contributed by atoms with Crippen LogP contribution in [0.3, 0.4) is 0 Å². The van der Waals surface area contributed by atoms with Gasteiger partial charge in [-0.1, -0.05) is 107 Å². The van der Waals surface area contributed by atoms with Crippen molar-refractivity contribution in [2.75, 3.05) is 0 Å². The average molecular weight is 539 g/mol. The van der Waals surface area contributed by atoms with Crippen molar-refractivity contribution in [1.82, 2.24) is 0 Å². The van der Waals surface area contributed by atoms with Crippen LogP contribution in [0.1, 0.15) is 94.2 Å². The maximum atomic E-state index is 15.2. The number of hydrogen-bond acceptors (Lipinski definition) is 1. The van der Waals surface area contributed by atoms with Crippen LogP contribution in [0, 0.1) is 35.3 Å². The summed E-state index contributed by atoms with van der Waals surface area (Å²) in [4.78, 5) is 0.